The zero-order valence-electron chi connectivity index (χ0n) is 10.8. The van der Waals surface area contributed by atoms with Gasteiger partial charge >= 0.3 is 5.97 Å². The first-order valence-corrected chi connectivity index (χ1v) is 6.23. The summed E-state index contributed by atoms with van der Waals surface area (Å²) in [6.45, 7) is 4.98. The van der Waals surface area contributed by atoms with Crippen LogP contribution in [0.2, 0.25) is 0 Å². The van der Waals surface area contributed by atoms with E-state index in [0.29, 0.717) is 6.04 Å². The van der Waals surface area contributed by atoms with E-state index >= 15 is 0 Å². The third-order valence-electron chi connectivity index (χ3n) is 3.35. The van der Waals surface area contributed by atoms with Crippen LogP contribution in [-0.2, 0) is 0 Å². The van der Waals surface area contributed by atoms with Gasteiger partial charge in [0.15, 0.2) is 5.69 Å². The van der Waals surface area contributed by atoms with Gasteiger partial charge in [-0.25, -0.2) is 9.78 Å². The van der Waals surface area contributed by atoms with Gasteiger partial charge in [0.05, 0.1) is 5.69 Å². The molecule has 1 N–H and O–H groups in total. The van der Waals surface area contributed by atoms with Crippen molar-refractivity contribution < 1.29 is 9.90 Å². The Hall–Kier alpha value is -1.62. The molecule has 1 fully saturated rings. The highest BCUT2D eigenvalue weighted by Crippen LogP contribution is 2.23. The van der Waals surface area contributed by atoms with Crippen molar-refractivity contribution in [3.05, 3.63) is 24.0 Å². The molecule has 1 aromatic heterocycles. The summed E-state index contributed by atoms with van der Waals surface area (Å²) in [7, 11) is 2.10. The number of carboxylic acids is 1. The topological polar surface area (TPSA) is 56.7 Å². The highest BCUT2D eigenvalue weighted by atomic mass is 16.4. The van der Waals surface area contributed by atoms with Crippen LogP contribution in [0.5, 0.6) is 0 Å². The Kier molecular flexibility index (Phi) is 3.81. The number of rotatable bonds is 2. The molecule has 1 aliphatic rings. The normalized spacial score (nSPS) is 21.7. The summed E-state index contributed by atoms with van der Waals surface area (Å²) in [5.74, 6) is -0.963. The predicted molar refractivity (Wildman–Crippen MR) is 70.1 cm³/mol. The molecule has 0 aromatic carbocycles. The molecule has 1 unspecified atom stereocenters. The molecule has 0 amide bonds. The first kappa shape index (κ1) is 12.8. The van der Waals surface area contributed by atoms with E-state index in [4.69, 9.17) is 0 Å². The summed E-state index contributed by atoms with van der Waals surface area (Å²) >= 11 is 0. The number of nitrogens with zero attached hydrogens (tertiary/aromatic N) is 3. The van der Waals surface area contributed by atoms with Crippen LogP contribution in [0.3, 0.4) is 0 Å². The van der Waals surface area contributed by atoms with Gasteiger partial charge in [0.1, 0.15) is 0 Å². The number of aromatic nitrogens is 1. The van der Waals surface area contributed by atoms with Crippen molar-refractivity contribution >= 4 is 11.7 Å². The van der Waals surface area contributed by atoms with Crippen LogP contribution in [0.25, 0.3) is 0 Å². The summed E-state index contributed by atoms with van der Waals surface area (Å²) in [5, 5.41) is 9.21. The lowest BCUT2D eigenvalue weighted by molar-refractivity contribution is 0.0691. The molecule has 1 aliphatic heterocycles. The molecule has 5 nitrogen and oxygen atoms in total. The fraction of sp³-hybridized carbons (Fsp3) is 0.538. The molecular formula is C13H19N3O2. The molecule has 5 heteroatoms. The lowest BCUT2D eigenvalue weighted by atomic mass is 10.2. The van der Waals surface area contributed by atoms with Gasteiger partial charge < -0.3 is 14.9 Å². The molecule has 1 atom stereocenters. The van der Waals surface area contributed by atoms with Crippen molar-refractivity contribution in [3.8, 4) is 0 Å². The summed E-state index contributed by atoms with van der Waals surface area (Å²) in [4.78, 5) is 19.6. The van der Waals surface area contributed by atoms with Crippen LogP contribution in [-0.4, -0.2) is 53.7 Å². The molecule has 1 saturated heterocycles. The Morgan fingerprint density at radius 2 is 2.28 bits per heavy atom. The average Bonchev–Trinajstić information content (AvgIpc) is 2.50. The zero-order chi connectivity index (χ0) is 13.1. The van der Waals surface area contributed by atoms with Gasteiger partial charge in [-0.3, -0.25) is 0 Å². The number of carbonyl (C=O) groups is 1. The number of anilines is 1. The van der Waals surface area contributed by atoms with E-state index in [1.54, 1.807) is 6.07 Å². The predicted octanol–water partition coefficient (Wildman–Crippen LogP) is 1.31. The van der Waals surface area contributed by atoms with E-state index in [9.17, 15) is 9.90 Å². The third-order valence-corrected chi connectivity index (χ3v) is 3.35. The Labute approximate surface area is 107 Å². The minimum Gasteiger partial charge on any atom is -0.476 e. The smallest absolute Gasteiger partial charge is 0.356 e. The fourth-order valence-electron chi connectivity index (χ4n) is 2.52. The molecule has 0 bridgehead atoms. The molecule has 0 radical (unpaired) electrons. The first-order chi connectivity index (χ1) is 8.59. The van der Waals surface area contributed by atoms with E-state index in [0.717, 1.165) is 31.7 Å². The van der Waals surface area contributed by atoms with Crippen molar-refractivity contribution in [2.75, 3.05) is 31.6 Å². The summed E-state index contributed by atoms with van der Waals surface area (Å²) in [6.07, 6.45) is 2.57. The largest absolute Gasteiger partial charge is 0.476 e. The fourth-order valence-corrected chi connectivity index (χ4v) is 2.52. The van der Waals surface area contributed by atoms with E-state index < -0.39 is 5.97 Å². The van der Waals surface area contributed by atoms with E-state index in [-0.39, 0.29) is 5.69 Å². The van der Waals surface area contributed by atoms with Gasteiger partial charge in [0, 0.05) is 25.3 Å². The quantitative estimate of drug-likeness (QED) is 0.856. The summed E-state index contributed by atoms with van der Waals surface area (Å²) in [6, 6.07) is 3.93. The number of carboxylic acid groups (broad SMARTS) is 1. The Balaban J connectivity index is 2.32. The molecular weight excluding hydrogens is 230 g/mol. The second-order valence-electron chi connectivity index (χ2n) is 4.83. The first-order valence-electron chi connectivity index (χ1n) is 6.23. The van der Waals surface area contributed by atoms with Gasteiger partial charge in [-0.15, -0.1) is 0 Å². The maximum absolute atomic E-state index is 11.2. The zero-order valence-corrected chi connectivity index (χ0v) is 10.8. The monoisotopic (exact) mass is 249 g/mol. The number of pyridine rings is 1. The number of hydrogen-bond donors (Lipinski definition) is 1. The van der Waals surface area contributed by atoms with Crippen molar-refractivity contribution in [1.29, 1.82) is 0 Å². The molecule has 0 aliphatic carbocycles. The number of likely N-dealkylation sites (N-methyl/N-ethyl adjacent to an activating group) is 1. The highest BCUT2D eigenvalue weighted by Gasteiger charge is 2.24. The molecule has 0 saturated carbocycles. The van der Waals surface area contributed by atoms with Crippen molar-refractivity contribution in [2.45, 2.75) is 19.4 Å². The lowest BCUT2D eigenvalue weighted by Gasteiger charge is -2.30. The van der Waals surface area contributed by atoms with Gasteiger partial charge in [0.25, 0.3) is 0 Å². The summed E-state index contributed by atoms with van der Waals surface area (Å²) < 4.78 is 0. The van der Waals surface area contributed by atoms with Crippen molar-refractivity contribution in [2.24, 2.45) is 0 Å². The molecule has 2 rings (SSSR count). The Bertz CT molecular complexity index is 436. The Morgan fingerprint density at radius 1 is 1.50 bits per heavy atom. The van der Waals surface area contributed by atoms with E-state index in [1.165, 1.54) is 6.20 Å². The SMILES string of the molecule is CC1CN(C)CCCN1c1cccnc1C(=O)O. The third kappa shape index (κ3) is 2.61. The van der Waals surface area contributed by atoms with Crippen LogP contribution in [0.15, 0.2) is 18.3 Å². The van der Waals surface area contributed by atoms with Crippen LogP contribution in [0, 0.1) is 0 Å². The van der Waals surface area contributed by atoms with Gasteiger partial charge in [-0.05, 0) is 39.1 Å². The minimum atomic E-state index is -0.963. The van der Waals surface area contributed by atoms with E-state index in [1.807, 2.05) is 6.07 Å². The van der Waals surface area contributed by atoms with Gasteiger partial charge in [-0.1, -0.05) is 0 Å². The van der Waals surface area contributed by atoms with Gasteiger partial charge in [0.2, 0.25) is 0 Å². The maximum Gasteiger partial charge on any atom is 0.356 e. The Morgan fingerprint density at radius 3 is 3.00 bits per heavy atom. The molecule has 1 aromatic rings. The lowest BCUT2D eigenvalue weighted by Crippen LogP contribution is -2.38. The van der Waals surface area contributed by atoms with Crippen LogP contribution < -0.4 is 4.90 Å². The van der Waals surface area contributed by atoms with Crippen molar-refractivity contribution in [3.63, 3.8) is 0 Å². The standard InChI is InChI=1S/C13H19N3O2/c1-10-9-15(2)7-4-8-16(10)11-5-3-6-14-12(11)13(17)18/h3,5-6,10H,4,7-9H2,1-2H3,(H,17,18). The highest BCUT2D eigenvalue weighted by molar-refractivity contribution is 5.92. The molecule has 98 valence electrons. The van der Waals surface area contributed by atoms with Crippen LogP contribution in [0.1, 0.15) is 23.8 Å². The second kappa shape index (κ2) is 5.35. The minimum absolute atomic E-state index is 0.147. The van der Waals surface area contributed by atoms with Crippen LogP contribution >= 0.6 is 0 Å². The van der Waals surface area contributed by atoms with Crippen molar-refractivity contribution in [1.82, 2.24) is 9.88 Å². The molecule has 2 heterocycles. The number of hydrogen-bond acceptors (Lipinski definition) is 4. The van der Waals surface area contributed by atoms with Crippen LogP contribution in [0.4, 0.5) is 5.69 Å². The second-order valence-corrected chi connectivity index (χ2v) is 4.83. The summed E-state index contributed by atoms with van der Waals surface area (Å²) in [5.41, 5.74) is 0.877. The molecule has 0 spiro atoms. The average molecular weight is 249 g/mol. The van der Waals surface area contributed by atoms with E-state index in [2.05, 4.69) is 28.8 Å². The number of aromatic carboxylic acids is 1. The maximum atomic E-state index is 11.2. The van der Waals surface area contributed by atoms with Gasteiger partial charge in [-0.2, -0.15) is 0 Å². The molecule has 18 heavy (non-hydrogen) atoms.